The summed E-state index contributed by atoms with van der Waals surface area (Å²) in [6.45, 7) is 6.01. The normalized spacial score (nSPS) is 47.1. The molecule has 0 amide bonds. The van der Waals surface area contributed by atoms with Crippen molar-refractivity contribution >= 4 is 17.5 Å². The van der Waals surface area contributed by atoms with Gasteiger partial charge in [0.05, 0.1) is 5.69 Å². The Kier molecular flexibility index (Phi) is 4.58. The second-order valence-electron chi connectivity index (χ2n) is 11.3. The Morgan fingerprint density at radius 3 is 2.87 bits per heavy atom. The van der Waals surface area contributed by atoms with Crippen LogP contribution >= 0.6 is 11.5 Å². The van der Waals surface area contributed by atoms with Crippen LogP contribution in [0.25, 0.3) is 0 Å². The Labute approximate surface area is 183 Å². The van der Waals surface area contributed by atoms with Gasteiger partial charge >= 0.3 is 5.97 Å². The van der Waals surface area contributed by atoms with Crippen LogP contribution in [0.15, 0.2) is 0 Å². The van der Waals surface area contributed by atoms with Crippen molar-refractivity contribution in [3.05, 3.63) is 10.6 Å². The van der Waals surface area contributed by atoms with Gasteiger partial charge in [-0.15, -0.1) is 5.10 Å². The van der Waals surface area contributed by atoms with E-state index in [0.29, 0.717) is 11.3 Å². The molecule has 0 aromatic carbocycles. The van der Waals surface area contributed by atoms with Crippen molar-refractivity contribution in [2.45, 2.75) is 95.6 Å². The van der Waals surface area contributed by atoms with Crippen molar-refractivity contribution in [1.29, 1.82) is 0 Å². The number of ether oxygens (including phenoxy) is 1. The monoisotopic (exact) mass is 429 g/mol. The minimum Gasteiger partial charge on any atom is -0.461 e. The highest BCUT2D eigenvalue weighted by molar-refractivity contribution is 7.05. The fraction of sp³-hybridized carbons (Fsp3) is 0.875. The maximum absolute atomic E-state index is 12.5. The van der Waals surface area contributed by atoms with Gasteiger partial charge < -0.3 is 10.1 Å². The maximum Gasteiger partial charge on any atom is 0.323 e. The van der Waals surface area contributed by atoms with E-state index >= 15 is 0 Å². The molecule has 5 nitrogen and oxygen atoms in total. The highest BCUT2D eigenvalue weighted by atomic mass is 32.1. The quantitative estimate of drug-likeness (QED) is 0.712. The van der Waals surface area contributed by atoms with E-state index in [1.807, 2.05) is 0 Å². The van der Waals surface area contributed by atoms with Crippen LogP contribution in [-0.4, -0.2) is 34.2 Å². The molecule has 1 aliphatic heterocycles. The average Bonchev–Trinajstić information content (AvgIpc) is 3.46. The summed E-state index contributed by atoms with van der Waals surface area (Å²) in [6, 6.07) is -0.0584. The molecule has 1 N–H and O–H groups in total. The van der Waals surface area contributed by atoms with E-state index in [1.165, 1.54) is 49.1 Å². The summed E-state index contributed by atoms with van der Waals surface area (Å²) >= 11 is 1.64. The van der Waals surface area contributed by atoms with Crippen LogP contribution in [0.2, 0.25) is 0 Å². The average molecular weight is 430 g/mol. The molecular weight excluding hydrogens is 394 g/mol. The number of esters is 1. The van der Waals surface area contributed by atoms with Crippen molar-refractivity contribution < 1.29 is 9.53 Å². The first-order valence-electron chi connectivity index (χ1n) is 12.2. The Morgan fingerprint density at radius 1 is 1.13 bits per heavy atom. The molecular formula is C24H35N3O2S. The van der Waals surface area contributed by atoms with Gasteiger partial charge in [0.2, 0.25) is 0 Å². The second-order valence-corrected chi connectivity index (χ2v) is 12.2. The molecule has 0 radical (unpaired) electrons. The van der Waals surface area contributed by atoms with Crippen LogP contribution in [0.3, 0.4) is 0 Å². The standard InChI is InChI=1S/C24H35N3O2S/c1-23-9-7-15(29-22(28)19-4-3-11-25-19)12-14(23)5-6-16-17(23)8-10-24(2)18(16)13-20-21(24)26-27-30-20/h14-19,25H,3-13H2,1-2H3/t14-,15-,16+,17-,18-,19+,23-,24-/m0/s1. The Bertz CT molecular complexity index is 836. The molecule has 0 unspecified atom stereocenters. The number of carbonyl (C=O) groups is 1. The molecule has 0 spiro atoms. The van der Waals surface area contributed by atoms with Crippen LogP contribution in [0.4, 0.5) is 0 Å². The number of nitrogens with one attached hydrogen (secondary N) is 1. The second kappa shape index (κ2) is 6.99. The fourth-order valence-corrected chi connectivity index (χ4v) is 9.26. The number of rotatable bonds is 2. The first kappa shape index (κ1) is 19.7. The molecule has 4 aliphatic carbocycles. The third kappa shape index (κ3) is 2.78. The smallest absolute Gasteiger partial charge is 0.323 e. The van der Waals surface area contributed by atoms with E-state index in [1.54, 1.807) is 11.5 Å². The van der Waals surface area contributed by atoms with Crippen molar-refractivity contribution in [3.63, 3.8) is 0 Å². The summed E-state index contributed by atoms with van der Waals surface area (Å²) in [6.07, 6.45) is 12.0. The molecule has 3 saturated carbocycles. The molecule has 1 aromatic rings. The summed E-state index contributed by atoms with van der Waals surface area (Å²) in [5.41, 5.74) is 2.01. The lowest BCUT2D eigenvalue weighted by Gasteiger charge is -2.60. The predicted molar refractivity (Wildman–Crippen MR) is 116 cm³/mol. The number of nitrogens with zero attached hydrogens (tertiary/aromatic N) is 2. The number of hydrogen-bond donors (Lipinski definition) is 1. The molecule has 8 atom stereocenters. The summed E-state index contributed by atoms with van der Waals surface area (Å²) in [5, 5.41) is 7.87. The molecule has 6 rings (SSSR count). The van der Waals surface area contributed by atoms with Crippen LogP contribution in [0.5, 0.6) is 0 Å². The highest BCUT2D eigenvalue weighted by Crippen LogP contribution is 2.65. The van der Waals surface area contributed by atoms with E-state index in [9.17, 15) is 4.79 Å². The summed E-state index contributed by atoms with van der Waals surface area (Å²) in [4.78, 5) is 14.0. The summed E-state index contributed by atoms with van der Waals surface area (Å²) < 4.78 is 10.3. The molecule has 1 saturated heterocycles. The number of aromatic nitrogens is 2. The summed E-state index contributed by atoms with van der Waals surface area (Å²) in [7, 11) is 0. The fourth-order valence-electron chi connectivity index (χ4n) is 8.42. The van der Waals surface area contributed by atoms with E-state index in [2.05, 4.69) is 28.8 Å². The Hall–Kier alpha value is -1.01. The number of fused-ring (bicyclic) bond motifs is 7. The molecule has 1 aromatic heterocycles. The van der Waals surface area contributed by atoms with Crippen LogP contribution in [0, 0.1) is 29.1 Å². The van der Waals surface area contributed by atoms with Gasteiger partial charge in [-0.2, -0.15) is 0 Å². The molecule has 4 fully saturated rings. The maximum atomic E-state index is 12.5. The molecule has 5 aliphatic rings. The van der Waals surface area contributed by atoms with Crippen LogP contribution in [-0.2, 0) is 21.4 Å². The summed E-state index contributed by atoms with van der Waals surface area (Å²) in [5.74, 6) is 3.12. The molecule has 6 heteroatoms. The lowest BCUT2D eigenvalue weighted by Crippen LogP contribution is -2.55. The molecule has 164 valence electrons. The lowest BCUT2D eigenvalue weighted by atomic mass is 9.45. The van der Waals surface area contributed by atoms with Gasteiger partial charge in [0.15, 0.2) is 0 Å². The van der Waals surface area contributed by atoms with Gasteiger partial charge in [-0.1, -0.05) is 18.3 Å². The third-order valence-corrected chi connectivity index (χ3v) is 10.9. The highest BCUT2D eigenvalue weighted by Gasteiger charge is 2.60. The molecule has 0 bridgehead atoms. The SMILES string of the molecule is C[C@]12CC[C@H](OC(=O)[C@H]3CCCN3)C[C@@H]1CC[C@@H]1[C@@H]2CC[C@]2(C)c3nnsc3C[C@@H]12. The van der Waals surface area contributed by atoms with Gasteiger partial charge in [-0.3, -0.25) is 4.79 Å². The first-order valence-corrected chi connectivity index (χ1v) is 13.0. The van der Waals surface area contributed by atoms with Gasteiger partial charge in [-0.05, 0) is 111 Å². The molecule has 30 heavy (non-hydrogen) atoms. The number of carbonyl (C=O) groups excluding carboxylic acids is 1. The number of hydrogen-bond acceptors (Lipinski definition) is 6. The van der Waals surface area contributed by atoms with Crippen molar-refractivity contribution in [2.24, 2.45) is 29.1 Å². The van der Waals surface area contributed by atoms with Gasteiger partial charge in [0.1, 0.15) is 12.1 Å². The van der Waals surface area contributed by atoms with Crippen molar-refractivity contribution in [1.82, 2.24) is 14.9 Å². The van der Waals surface area contributed by atoms with E-state index < -0.39 is 0 Å². The third-order valence-electron chi connectivity index (χ3n) is 10.1. The van der Waals surface area contributed by atoms with Gasteiger partial charge in [0, 0.05) is 10.3 Å². The topological polar surface area (TPSA) is 64.1 Å². The zero-order chi connectivity index (χ0) is 20.5. The lowest BCUT2D eigenvalue weighted by molar-refractivity contribution is -0.162. The van der Waals surface area contributed by atoms with Crippen LogP contribution in [0.1, 0.15) is 82.2 Å². The van der Waals surface area contributed by atoms with Crippen LogP contribution < -0.4 is 5.32 Å². The largest absolute Gasteiger partial charge is 0.461 e. The van der Waals surface area contributed by atoms with Crippen molar-refractivity contribution in [3.8, 4) is 0 Å². The van der Waals surface area contributed by atoms with E-state index in [-0.39, 0.29) is 23.5 Å². The molecule has 2 heterocycles. The Morgan fingerprint density at radius 2 is 2.03 bits per heavy atom. The van der Waals surface area contributed by atoms with E-state index in [0.717, 1.165) is 50.0 Å². The minimum absolute atomic E-state index is 0.00133. The van der Waals surface area contributed by atoms with Gasteiger partial charge in [-0.25, -0.2) is 0 Å². The minimum atomic E-state index is -0.0584. The van der Waals surface area contributed by atoms with E-state index in [4.69, 9.17) is 4.74 Å². The van der Waals surface area contributed by atoms with Crippen molar-refractivity contribution in [2.75, 3.05) is 6.54 Å². The zero-order valence-electron chi connectivity index (χ0n) is 18.4. The predicted octanol–water partition coefficient (Wildman–Crippen LogP) is 4.26. The Balaban J connectivity index is 1.17. The van der Waals surface area contributed by atoms with Gasteiger partial charge in [0.25, 0.3) is 0 Å². The first-order chi connectivity index (χ1) is 14.5. The zero-order valence-corrected chi connectivity index (χ0v) is 19.2.